The second-order valence-corrected chi connectivity index (χ2v) is 17.9. The summed E-state index contributed by atoms with van der Waals surface area (Å²) in [6.45, 7) is 21.2. The quantitative estimate of drug-likeness (QED) is 0.519. The van der Waals surface area contributed by atoms with Gasteiger partial charge in [-0.25, -0.2) is 0 Å². The Morgan fingerprint density at radius 3 is 1.32 bits per heavy atom. The van der Waals surface area contributed by atoms with Crippen LogP contribution >= 0.6 is 0 Å². The van der Waals surface area contributed by atoms with Gasteiger partial charge in [0.05, 0.1) is 0 Å². The molecule has 0 bridgehead atoms. The van der Waals surface area contributed by atoms with Crippen LogP contribution < -0.4 is 0 Å². The van der Waals surface area contributed by atoms with Gasteiger partial charge in [-0.2, -0.15) is 0 Å². The molecule has 0 atom stereocenters. The fraction of sp³-hybridized carbons (Fsp3) is 0.714. The van der Waals surface area contributed by atoms with Gasteiger partial charge < -0.3 is 8.23 Å². The van der Waals surface area contributed by atoms with Gasteiger partial charge in [-0.05, 0) is 38.3 Å². The molecule has 0 amide bonds. The van der Waals surface area contributed by atoms with Gasteiger partial charge in [-0.15, -0.1) is 13.2 Å². The maximum absolute atomic E-state index is 6.62. The zero-order chi connectivity index (χ0) is 15.2. The fourth-order valence-corrected chi connectivity index (χ4v) is 14.4. The lowest BCUT2D eigenvalue weighted by atomic mass is 10.6. The van der Waals surface area contributed by atoms with E-state index in [-0.39, 0.29) is 0 Å². The zero-order valence-corrected chi connectivity index (χ0v) is 16.7. The van der Waals surface area contributed by atoms with Crippen LogP contribution in [0.2, 0.25) is 38.3 Å². The molecule has 112 valence electrons. The average Bonchev–Trinajstić information content (AvgIpc) is 2.28. The minimum absolute atomic E-state index is 1.08. The van der Waals surface area contributed by atoms with E-state index >= 15 is 0 Å². The Bertz CT molecular complexity index is 271. The van der Waals surface area contributed by atoms with E-state index in [1.54, 1.807) is 0 Å². The summed E-state index contributed by atoms with van der Waals surface area (Å²) in [4.78, 5) is 0. The summed E-state index contributed by atoms with van der Waals surface area (Å²) in [5.74, 6) is 0. The Morgan fingerprint density at radius 2 is 1.11 bits per heavy atom. The Labute approximate surface area is 123 Å². The van der Waals surface area contributed by atoms with Gasteiger partial charge in [0.1, 0.15) is 0 Å². The molecule has 0 unspecified atom stereocenters. The van der Waals surface area contributed by atoms with Gasteiger partial charge >= 0.3 is 8.56 Å². The van der Waals surface area contributed by atoms with Crippen LogP contribution in [0, 0.1) is 0 Å². The first-order valence-electron chi connectivity index (χ1n) is 7.33. The van der Waals surface area contributed by atoms with E-state index in [1.807, 2.05) is 11.4 Å². The van der Waals surface area contributed by atoms with Gasteiger partial charge in [0.15, 0.2) is 16.6 Å². The van der Waals surface area contributed by atoms with Crippen LogP contribution in [0.15, 0.2) is 24.6 Å². The highest BCUT2D eigenvalue weighted by Crippen LogP contribution is 2.30. The van der Waals surface area contributed by atoms with Crippen LogP contribution in [-0.2, 0) is 8.23 Å². The topological polar surface area (TPSA) is 18.5 Å². The zero-order valence-electron chi connectivity index (χ0n) is 13.7. The molecule has 0 saturated carbocycles. The predicted octanol–water partition coefficient (Wildman–Crippen LogP) is 5.14. The van der Waals surface area contributed by atoms with Gasteiger partial charge in [0, 0.05) is 0 Å². The molecule has 0 rings (SSSR count). The normalized spacial score (nSPS) is 13.4. The first-order chi connectivity index (χ1) is 8.66. The molecule has 0 aromatic carbocycles. The first kappa shape index (κ1) is 19.1. The minimum Gasteiger partial charge on any atom is -0.433 e. The molecule has 0 aliphatic carbocycles. The lowest BCUT2D eigenvalue weighted by Gasteiger charge is -2.41. The number of rotatable bonds is 10. The van der Waals surface area contributed by atoms with E-state index in [0.717, 1.165) is 24.9 Å². The van der Waals surface area contributed by atoms with Crippen molar-refractivity contribution in [3.05, 3.63) is 24.6 Å². The SMILES string of the molecule is C=C[Si](C)(C)O[Si](CCC)(CCC)O[Si](C)(C)C=C. The van der Waals surface area contributed by atoms with Crippen LogP contribution in [0.1, 0.15) is 26.7 Å². The maximum atomic E-state index is 6.62. The second kappa shape index (κ2) is 7.73. The van der Waals surface area contributed by atoms with Gasteiger partial charge in [-0.1, -0.05) is 38.1 Å². The molecule has 0 aliphatic heterocycles. The molecule has 0 aromatic rings. The number of hydrogen-bond donors (Lipinski definition) is 0. The summed E-state index contributed by atoms with van der Waals surface area (Å²) in [7, 11) is -5.75. The van der Waals surface area contributed by atoms with Gasteiger partial charge in [-0.3, -0.25) is 0 Å². The Kier molecular flexibility index (Phi) is 7.75. The molecule has 0 aliphatic rings. The van der Waals surface area contributed by atoms with Crippen molar-refractivity contribution < 1.29 is 8.23 Å². The molecule has 0 spiro atoms. The second-order valence-electron chi connectivity index (χ2n) is 6.23. The van der Waals surface area contributed by atoms with Crippen molar-refractivity contribution >= 4 is 25.2 Å². The summed E-state index contributed by atoms with van der Waals surface area (Å²) < 4.78 is 13.2. The molecule has 0 aromatic heterocycles. The standard InChI is InChI=1S/C14H32O2Si3/c1-9-13-19(14-10-2,15-17(5,6)11-3)16-18(7,8)12-4/h11-12H,3-4,9-10,13-14H2,1-2,5-8H3. The third-order valence-electron chi connectivity index (χ3n) is 3.14. The van der Waals surface area contributed by atoms with Crippen LogP contribution in [0.3, 0.4) is 0 Å². The van der Waals surface area contributed by atoms with Crippen molar-refractivity contribution in [2.24, 2.45) is 0 Å². The summed E-state index contributed by atoms with van der Waals surface area (Å²) in [6, 6.07) is 2.16. The average molecular weight is 317 g/mol. The smallest absolute Gasteiger partial charge is 0.318 e. The minimum atomic E-state index is -2.13. The van der Waals surface area contributed by atoms with Crippen molar-refractivity contribution in [3.63, 3.8) is 0 Å². The van der Waals surface area contributed by atoms with E-state index in [4.69, 9.17) is 8.23 Å². The highest BCUT2D eigenvalue weighted by atomic mass is 28.5. The van der Waals surface area contributed by atoms with Gasteiger partial charge in [0.25, 0.3) is 0 Å². The van der Waals surface area contributed by atoms with E-state index < -0.39 is 25.2 Å². The van der Waals surface area contributed by atoms with Crippen LogP contribution in [-0.4, -0.2) is 25.2 Å². The highest BCUT2D eigenvalue weighted by molar-refractivity contribution is 6.91. The summed E-state index contributed by atoms with van der Waals surface area (Å²) in [6.07, 6.45) is 2.24. The summed E-state index contributed by atoms with van der Waals surface area (Å²) in [5.41, 5.74) is 4.04. The van der Waals surface area contributed by atoms with Crippen LogP contribution in [0.4, 0.5) is 0 Å². The van der Waals surface area contributed by atoms with E-state index in [9.17, 15) is 0 Å². The van der Waals surface area contributed by atoms with Gasteiger partial charge in [0.2, 0.25) is 0 Å². The van der Waals surface area contributed by atoms with E-state index in [2.05, 4.69) is 53.2 Å². The molecular formula is C14H32O2Si3. The van der Waals surface area contributed by atoms with Crippen molar-refractivity contribution in [1.82, 2.24) is 0 Å². The monoisotopic (exact) mass is 316 g/mol. The fourth-order valence-electron chi connectivity index (χ4n) is 2.15. The molecule has 5 heteroatoms. The molecule has 0 fully saturated rings. The predicted molar refractivity (Wildman–Crippen MR) is 93.5 cm³/mol. The Hall–Kier alpha value is 0.0506. The molecule has 0 N–H and O–H groups in total. The maximum Gasteiger partial charge on any atom is 0.318 e. The molecule has 2 nitrogen and oxygen atoms in total. The largest absolute Gasteiger partial charge is 0.433 e. The first-order valence-corrected chi connectivity index (χ1v) is 15.5. The van der Waals surface area contributed by atoms with E-state index in [1.165, 1.54) is 0 Å². The molecular weight excluding hydrogens is 284 g/mol. The van der Waals surface area contributed by atoms with Crippen LogP contribution in [0.25, 0.3) is 0 Å². The Balaban J connectivity index is 5.28. The Morgan fingerprint density at radius 1 is 0.789 bits per heavy atom. The highest BCUT2D eigenvalue weighted by Gasteiger charge is 2.44. The van der Waals surface area contributed by atoms with E-state index in [0.29, 0.717) is 0 Å². The lowest BCUT2D eigenvalue weighted by Crippen LogP contribution is -2.55. The third kappa shape index (κ3) is 6.85. The van der Waals surface area contributed by atoms with Crippen LogP contribution in [0.5, 0.6) is 0 Å². The molecule has 0 heterocycles. The summed E-state index contributed by atoms with van der Waals surface area (Å²) in [5, 5.41) is 0. The third-order valence-corrected chi connectivity index (χ3v) is 14.8. The van der Waals surface area contributed by atoms with Crippen molar-refractivity contribution in [3.8, 4) is 0 Å². The molecule has 19 heavy (non-hydrogen) atoms. The molecule has 0 radical (unpaired) electrons. The number of hydrogen-bond acceptors (Lipinski definition) is 2. The van der Waals surface area contributed by atoms with Crippen molar-refractivity contribution in [2.45, 2.75) is 65.0 Å². The van der Waals surface area contributed by atoms with Crippen molar-refractivity contribution in [1.29, 1.82) is 0 Å². The van der Waals surface area contributed by atoms with Crippen molar-refractivity contribution in [2.75, 3.05) is 0 Å². The molecule has 0 saturated heterocycles. The lowest BCUT2D eigenvalue weighted by molar-refractivity contribution is 0.374. The summed E-state index contributed by atoms with van der Waals surface area (Å²) >= 11 is 0.